The summed E-state index contributed by atoms with van der Waals surface area (Å²) in [6.45, 7) is 0.592. The average Bonchev–Trinajstić information content (AvgIpc) is 3.04. The van der Waals surface area contributed by atoms with Crippen LogP contribution in [0.15, 0.2) is 29.0 Å². The molecule has 0 atom stereocenters. The molecule has 7 heteroatoms. The van der Waals surface area contributed by atoms with Crippen LogP contribution in [0, 0.1) is 5.82 Å². The van der Waals surface area contributed by atoms with Gasteiger partial charge in [-0.05, 0) is 18.2 Å². The highest BCUT2D eigenvalue weighted by Crippen LogP contribution is 2.19. The highest BCUT2D eigenvalue weighted by Gasteiger charge is 2.12. The highest BCUT2D eigenvalue weighted by molar-refractivity contribution is 6.17. The molecule has 0 amide bonds. The van der Waals surface area contributed by atoms with Gasteiger partial charge >= 0.3 is 0 Å². The Morgan fingerprint density at radius 2 is 2.20 bits per heavy atom. The van der Waals surface area contributed by atoms with E-state index in [1.165, 1.54) is 18.5 Å². The van der Waals surface area contributed by atoms with Crippen LogP contribution in [0.2, 0.25) is 0 Å². The number of halogens is 2. The fourth-order valence-electron chi connectivity index (χ4n) is 2.18. The van der Waals surface area contributed by atoms with Crippen molar-refractivity contribution >= 4 is 22.6 Å². The zero-order valence-electron chi connectivity index (χ0n) is 10.6. The summed E-state index contributed by atoms with van der Waals surface area (Å²) in [5.41, 5.74) is 1.52. The van der Waals surface area contributed by atoms with E-state index in [0.717, 1.165) is 16.9 Å². The number of aryl methyl sites for hydroxylation is 3. The van der Waals surface area contributed by atoms with Gasteiger partial charge in [-0.15, -0.1) is 11.6 Å². The molecule has 5 nitrogen and oxygen atoms in total. The standard InChI is InChI=1S/C13H12ClFN4O/c14-5-3-12-18-10-2-1-9(15)7-11(10)19(12)6-4-13-16-8-17-20-13/h1-2,7-8H,3-6H2. The number of imidazole rings is 1. The van der Waals surface area contributed by atoms with Crippen molar-refractivity contribution in [1.29, 1.82) is 0 Å². The first-order valence-electron chi connectivity index (χ1n) is 6.24. The van der Waals surface area contributed by atoms with Gasteiger partial charge in [-0.25, -0.2) is 9.37 Å². The summed E-state index contributed by atoms with van der Waals surface area (Å²) in [5.74, 6) is 1.56. The molecule has 0 aliphatic heterocycles. The molecule has 2 aromatic heterocycles. The van der Waals surface area contributed by atoms with E-state index >= 15 is 0 Å². The number of fused-ring (bicyclic) bond motifs is 1. The predicted octanol–water partition coefficient (Wildman–Crippen LogP) is 2.58. The summed E-state index contributed by atoms with van der Waals surface area (Å²) in [5, 5.41) is 3.57. The summed E-state index contributed by atoms with van der Waals surface area (Å²) in [7, 11) is 0. The maximum atomic E-state index is 13.4. The van der Waals surface area contributed by atoms with Crippen LogP contribution in [-0.2, 0) is 19.4 Å². The van der Waals surface area contributed by atoms with Crippen molar-refractivity contribution in [2.45, 2.75) is 19.4 Å². The quantitative estimate of drug-likeness (QED) is 0.679. The lowest BCUT2D eigenvalue weighted by Crippen LogP contribution is -2.07. The number of alkyl halides is 1. The van der Waals surface area contributed by atoms with Crippen LogP contribution in [-0.4, -0.2) is 25.6 Å². The average molecular weight is 295 g/mol. The summed E-state index contributed by atoms with van der Waals surface area (Å²) in [4.78, 5) is 8.47. The van der Waals surface area contributed by atoms with Gasteiger partial charge in [0.2, 0.25) is 5.89 Å². The molecule has 3 rings (SSSR count). The van der Waals surface area contributed by atoms with Crippen LogP contribution in [0.1, 0.15) is 11.7 Å². The molecule has 0 saturated carbocycles. The van der Waals surface area contributed by atoms with Crippen LogP contribution in [0.5, 0.6) is 0 Å². The molecule has 0 radical (unpaired) electrons. The molecular formula is C13H12ClFN4O. The lowest BCUT2D eigenvalue weighted by Gasteiger charge is -2.06. The van der Waals surface area contributed by atoms with Crippen molar-refractivity contribution in [2.75, 3.05) is 5.88 Å². The summed E-state index contributed by atoms with van der Waals surface area (Å²) in [6, 6.07) is 4.56. The predicted molar refractivity (Wildman–Crippen MR) is 72.1 cm³/mol. The third-order valence-electron chi connectivity index (χ3n) is 3.06. The van der Waals surface area contributed by atoms with Crippen molar-refractivity contribution in [3.8, 4) is 0 Å². The van der Waals surface area contributed by atoms with E-state index in [4.69, 9.17) is 16.1 Å². The number of nitrogens with zero attached hydrogens (tertiary/aromatic N) is 4. The molecule has 1 aromatic carbocycles. The second-order valence-corrected chi connectivity index (χ2v) is 4.71. The van der Waals surface area contributed by atoms with Gasteiger partial charge in [0.05, 0.1) is 11.0 Å². The number of aromatic nitrogens is 4. The first-order valence-corrected chi connectivity index (χ1v) is 6.77. The Morgan fingerprint density at radius 1 is 1.30 bits per heavy atom. The maximum absolute atomic E-state index is 13.4. The lowest BCUT2D eigenvalue weighted by molar-refractivity contribution is 0.371. The van der Waals surface area contributed by atoms with Gasteiger partial charge < -0.3 is 9.09 Å². The van der Waals surface area contributed by atoms with Gasteiger partial charge in [0.25, 0.3) is 0 Å². The van der Waals surface area contributed by atoms with Gasteiger partial charge in [-0.3, -0.25) is 0 Å². The Bertz CT molecular complexity index is 711. The minimum atomic E-state index is -0.283. The van der Waals surface area contributed by atoms with E-state index in [0.29, 0.717) is 31.2 Å². The number of hydrogen-bond donors (Lipinski definition) is 0. The number of benzene rings is 1. The number of rotatable bonds is 5. The number of hydrogen-bond acceptors (Lipinski definition) is 4. The van der Waals surface area contributed by atoms with Gasteiger partial charge in [-0.1, -0.05) is 5.16 Å². The van der Waals surface area contributed by atoms with Crippen molar-refractivity contribution in [3.05, 3.63) is 42.1 Å². The molecule has 2 heterocycles. The van der Waals surface area contributed by atoms with Crippen molar-refractivity contribution in [1.82, 2.24) is 19.7 Å². The smallest absolute Gasteiger partial charge is 0.228 e. The zero-order valence-corrected chi connectivity index (χ0v) is 11.3. The minimum Gasteiger partial charge on any atom is -0.340 e. The Morgan fingerprint density at radius 3 is 2.95 bits per heavy atom. The normalized spacial score (nSPS) is 11.3. The molecule has 0 saturated heterocycles. The fourth-order valence-corrected chi connectivity index (χ4v) is 2.35. The Kier molecular flexibility index (Phi) is 3.64. The van der Waals surface area contributed by atoms with E-state index in [1.807, 2.05) is 4.57 Å². The summed E-state index contributed by atoms with van der Waals surface area (Å²) < 4.78 is 20.3. The van der Waals surface area contributed by atoms with Gasteiger partial charge in [0.15, 0.2) is 6.33 Å². The van der Waals surface area contributed by atoms with Crippen molar-refractivity contribution in [2.24, 2.45) is 0 Å². The van der Waals surface area contributed by atoms with Gasteiger partial charge in [-0.2, -0.15) is 4.98 Å². The zero-order chi connectivity index (χ0) is 13.9. The lowest BCUT2D eigenvalue weighted by atomic mass is 10.3. The van der Waals surface area contributed by atoms with Crippen molar-refractivity contribution < 1.29 is 8.91 Å². The summed E-state index contributed by atoms with van der Waals surface area (Å²) in [6.07, 6.45) is 2.56. The molecule has 3 aromatic rings. The largest absolute Gasteiger partial charge is 0.340 e. The van der Waals surface area contributed by atoms with E-state index in [9.17, 15) is 4.39 Å². The van der Waals surface area contributed by atoms with Gasteiger partial charge in [0.1, 0.15) is 11.6 Å². The van der Waals surface area contributed by atoms with Crippen LogP contribution in [0.25, 0.3) is 11.0 Å². The first kappa shape index (κ1) is 13.1. The molecule has 0 aliphatic carbocycles. The van der Waals surface area contributed by atoms with Crippen LogP contribution < -0.4 is 0 Å². The van der Waals surface area contributed by atoms with Crippen LogP contribution in [0.4, 0.5) is 4.39 Å². The molecule has 0 unspecified atom stereocenters. The molecule has 20 heavy (non-hydrogen) atoms. The van der Waals surface area contributed by atoms with Gasteiger partial charge in [0, 0.05) is 25.3 Å². The van der Waals surface area contributed by atoms with Crippen molar-refractivity contribution in [3.63, 3.8) is 0 Å². The minimum absolute atomic E-state index is 0.283. The highest BCUT2D eigenvalue weighted by atomic mass is 35.5. The molecular weight excluding hydrogens is 283 g/mol. The molecule has 0 N–H and O–H groups in total. The molecule has 0 fully saturated rings. The maximum Gasteiger partial charge on any atom is 0.228 e. The SMILES string of the molecule is Fc1ccc2nc(CCCl)n(CCc3ncno3)c2c1. The Hall–Kier alpha value is -1.95. The van der Waals surface area contributed by atoms with E-state index in [-0.39, 0.29) is 5.82 Å². The summed E-state index contributed by atoms with van der Waals surface area (Å²) >= 11 is 5.80. The topological polar surface area (TPSA) is 56.7 Å². The second-order valence-electron chi connectivity index (χ2n) is 4.34. The van der Waals surface area contributed by atoms with Crippen LogP contribution in [0.3, 0.4) is 0 Å². The van der Waals surface area contributed by atoms with E-state index in [1.54, 1.807) is 6.07 Å². The molecule has 0 spiro atoms. The molecule has 0 bridgehead atoms. The fraction of sp³-hybridized carbons (Fsp3) is 0.308. The monoisotopic (exact) mass is 294 g/mol. The van der Waals surface area contributed by atoms with E-state index < -0.39 is 0 Å². The van der Waals surface area contributed by atoms with Crippen LogP contribution >= 0.6 is 11.6 Å². The first-order chi connectivity index (χ1) is 9.78. The third-order valence-corrected chi connectivity index (χ3v) is 3.25. The Balaban J connectivity index is 1.96. The van der Waals surface area contributed by atoms with E-state index in [2.05, 4.69) is 15.1 Å². The Labute approximate surface area is 119 Å². The third kappa shape index (κ3) is 2.51. The second kappa shape index (κ2) is 5.58. The molecule has 0 aliphatic rings. The molecule has 104 valence electrons.